The van der Waals surface area contributed by atoms with Crippen LogP contribution in [-0.4, -0.2) is 68.3 Å². The first-order valence-electron chi connectivity index (χ1n) is 9.76. The van der Waals surface area contributed by atoms with Crippen LogP contribution in [0.2, 0.25) is 0 Å². The van der Waals surface area contributed by atoms with Crippen LogP contribution in [0.3, 0.4) is 0 Å². The van der Waals surface area contributed by atoms with Crippen LogP contribution in [0, 0.1) is 12.8 Å². The molecule has 2 rings (SSSR count). The molecule has 0 radical (unpaired) electrons. The van der Waals surface area contributed by atoms with E-state index in [0.717, 1.165) is 57.5 Å². The molecule has 0 spiro atoms. The van der Waals surface area contributed by atoms with Crippen molar-refractivity contribution < 1.29 is 4.74 Å². The Hall–Kier alpha value is -0.930. The predicted octanol–water partition coefficient (Wildman–Crippen LogP) is 2.46. The molecule has 154 valence electrons. The molecule has 0 bridgehead atoms. The van der Waals surface area contributed by atoms with Gasteiger partial charge < -0.3 is 15.4 Å². The average molecular weight is 489 g/mol. The smallest absolute Gasteiger partial charge is 0.191 e. The lowest BCUT2D eigenvalue weighted by Crippen LogP contribution is -2.51. The minimum atomic E-state index is 0. The van der Waals surface area contributed by atoms with Gasteiger partial charge in [0.15, 0.2) is 5.96 Å². The van der Waals surface area contributed by atoms with Gasteiger partial charge in [0.05, 0.1) is 13.2 Å². The average Bonchev–Trinajstić information content (AvgIpc) is 2.65. The minimum Gasteiger partial charge on any atom is -0.379 e. The summed E-state index contributed by atoms with van der Waals surface area (Å²) in [7, 11) is 1.83. The van der Waals surface area contributed by atoms with E-state index in [2.05, 4.69) is 51.5 Å². The van der Waals surface area contributed by atoms with E-state index in [0.29, 0.717) is 12.0 Å². The summed E-state index contributed by atoms with van der Waals surface area (Å²) >= 11 is 0. The number of aliphatic imine (C=N–C) groups is 1. The Labute approximate surface area is 181 Å². The zero-order valence-electron chi connectivity index (χ0n) is 17.2. The maximum Gasteiger partial charge on any atom is 0.191 e. The van der Waals surface area contributed by atoms with E-state index in [9.17, 15) is 0 Å². The van der Waals surface area contributed by atoms with Crippen LogP contribution >= 0.6 is 24.0 Å². The zero-order valence-corrected chi connectivity index (χ0v) is 19.5. The molecular weight excluding hydrogens is 453 g/mol. The van der Waals surface area contributed by atoms with Gasteiger partial charge >= 0.3 is 0 Å². The van der Waals surface area contributed by atoms with E-state index >= 15 is 0 Å². The van der Waals surface area contributed by atoms with Crippen LogP contribution in [0.25, 0.3) is 0 Å². The van der Waals surface area contributed by atoms with Gasteiger partial charge in [-0.25, -0.2) is 0 Å². The number of morpholine rings is 1. The second-order valence-corrected chi connectivity index (χ2v) is 7.37. The standard InChI is InChI=1S/C20H35N5O.HI/c1-16(2)13-19(25-9-11-26-12-10-25)15-24-20(21-4)22-8-7-18-6-5-17(3)23-14-18;/h5-6,14,16,19H,7-13,15H2,1-4H3,(H2,21,22,24);1H. The lowest BCUT2D eigenvalue weighted by atomic mass is 10.0. The first kappa shape index (κ1) is 24.1. The summed E-state index contributed by atoms with van der Waals surface area (Å²) in [5.74, 6) is 1.54. The second kappa shape index (κ2) is 13.3. The largest absolute Gasteiger partial charge is 0.379 e. The monoisotopic (exact) mass is 489 g/mol. The summed E-state index contributed by atoms with van der Waals surface area (Å²) in [4.78, 5) is 11.3. The van der Waals surface area contributed by atoms with E-state index in [1.807, 2.05) is 20.2 Å². The molecule has 1 unspecified atom stereocenters. The summed E-state index contributed by atoms with van der Waals surface area (Å²) < 4.78 is 5.50. The third kappa shape index (κ3) is 9.21. The number of hydrogen-bond donors (Lipinski definition) is 2. The van der Waals surface area contributed by atoms with Gasteiger partial charge in [-0.3, -0.25) is 14.9 Å². The topological polar surface area (TPSA) is 61.8 Å². The molecule has 1 aliphatic rings. The number of ether oxygens (including phenoxy) is 1. The highest BCUT2D eigenvalue weighted by molar-refractivity contribution is 14.0. The van der Waals surface area contributed by atoms with E-state index in [-0.39, 0.29) is 24.0 Å². The molecule has 1 atom stereocenters. The lowest BCUT2D eigenvalue weighted by molar-refractivity contribution is 0.0132. The zero-order chi connectivity index (χ0) is 18.8. The molecular formula is C20H36IN5O. The maximum absolute atomic E-state index is 5.50. The van der Waals surface area contributed by atoms with Gasteiger partial charge in [-0.2, -0.15) is 0 Å². The van der Waals surface area contributed by atoms with Crippen LogP contribution < -0.4 is 10.6 Å². The molecule has 7 heteroatoms. The van der Waals surface area contributed by atoms with Crippen molar-refractivity contribution in [3.63, 3.8) is 0 Å². The second-order valence-electron chi connectivity index (χ2n) is 7.37. The number of rotatable bonds is 8. The minimum absolute atomic E-state index is 0. The number of pyridine rings is 1. The van der Waals surface area contributed by atoms with Crippen molar-refractivity contribution in [2.75, 3.05) is 46.4 Å². The first-order valence-corrected chi connectivity index (χ1v) is 9.76. The van der Waals surface area contributed by atoms with Gasteiger partial charge in [0.25, 0.3) is 0 Å². The molecule has 1 fully saturated rings. The number of nitrogens with one attached hydrogen (secondary N) is 2. The number of halogens is 1. The molecule has 1 aromatic rings. The molecule has 27 heavy (non-hydrogen) atoms. The molecule has 0 amide bonds. The number of nitrogens with zero attached hydrogens (tertiary/aromatic N) is 3. The Morgan fingerprint density at radius 1 is 1.26 bits per heavy atom. The van der Waals surface area contributed by atoms with Gasteiger partial charge in [0, 0.05) is 51.2 Å². The van der Waals surface area contributed by atoms with E-state index < -0.39 is 0 Å². The van der Waals surface area contributed by atoms with Crippen LogP contribution in [0.4, 0.5) is 0 Å². The number of aromatic nitrogens is 1. The summed E-state index contributed by atoms with van der Waals surface area (Å²) in [5, 5.41) is 6.92. The third-order valence-electron chi connectivity index (χ3n) is 4.71. The molecule has 0 saturated carbocycles. The molecule has 2 N–H and O–H groups in total. The number of aryl methyl sites for hydroxylation is 1. The highest BCUT2D eigenvalue weighted by Gasteiger charge is 2.22. The Balaban J connectivity index is 0.00000364. The fourth-order valence-electron chi connectivity index (χ4n) is 3.25. The maximum atomic E-state index is 5.50. The summed E-state index contributed by atoms with van der Waals surface area (Å²) in [5.41, 5.74) is 2.29. The Morgan fingerprint density at radius 2 is 2.00 bits per heavy atom. The van der Waals surface area contributed by atoms with Crippen molar-refractivity contribution >= 4 is 29.9 Å². The normalized spacial score (nSPS) is 16.7. The van der Waals surface area contributed by atoms with Gasteiger partial charge in [0.2, 0.25) is 0 Å². The summed E-state index contributed by atoms with van der Waals surface area (Å²) in [6.45, 7) is 12.1. The molecule has 6 nitrogen and oxygen atoms in total. The Morgan fingerprint density at radius 3 is 2.59 bits per heavy atom. The van der Waals surface area contributed by atoms with Gasteiger partial charge in [-0.1, -0.05) is 19.9 Å². The van der Waals surface area contributed by atoms with Gasteiger partial charge in [-0.15, -0.1) is 24.0 Å². The van der Waals surface area contributed by atoms with Crippen molar-refractivity contribution in [3.8, 4) is 0 Å². The molecule has 1 saturated heterocycles. The SMILES string of the molecule is CN=C(NCCc1ccc(C)nc1)NCC(CC(C)C)N1CCOCC1.I. The first-order chi connectivity index (χ1) is 12.6. The third-order valence-corrected chi connectivity index (χ3v) is 4.71. The molecule has 2 heterocycles. The van der Waals surface area contributed by atoms with Gasteiger partial charge in [-0.05, 0) is 37.3 Å². The van der Waals surface area contributed by atoms with Crippen LogP contribution in [0.15, 0.2) is 23.3 Å². The highest BCUT2D eigenvalue weighted by Crippen LogP contribution is 2.13. The molecule has 1 aliphatic heterocycles. The van der Waals surface area contributed by atoms with E-state index in [4.69, 9.17) is 4.74 Å². The molecule has 1 aromatic heterocycles. The molecule has 0 aliphatic carbocycles. The Kier molecular flexibility index (Phi) is 11.9. The number of hydrogen-bond acceptors (Lipinski definition) is 4. The quantitative estimate of drug-likeness (QED) is 0.334. The Bertz CT molecular complexity index is 544. The van der Waals surface area contributed by atoms with Gasteiger partial charge in [0.1, 0.15) is 0 Å². The van der Waals surface area contributed by atoms with E-state index in [1.54, 1.807) is 0 Å². The van der Waals surface area contributed by atoms with Crippen molar-refractivity contribution in [1.82, 2.24) is 20.5 Å². The summed E-state index contributed by atoms with van der Waals surface area (Å²) in [6.07, 6.45) is 4.07. The summed E-state index contributed by atoms with van der Waals surface area (Å²) in [6, 6.07) is 4.71. The molecule has 0 aromatic carbocycles. The van der Waals surface area contributed by atoms with Crippen molar-refractivity contribution in [2.45, 2.75) is 39.7 Å². The highest BCUT2D eigenvalue weighted by atomic mass is 127. The fourth-order valence-corrected chi connectivity index (χ4v) is 3.25. The van der Waals surface area contributed by atoms with Crippen molar-refractivity contribution in [1.29, 1.82) is 0 Å². The number of guanidine groups is 1. The van der Waals surface area contributed by atoms with E-state index in [1.165, 1.54) is 12.0 Å². The van der Waals surface area contributed by atoms with Crippen molar-refractivity contribution in [2.24, 2.45) is 10.9 Å². The van der Waals surface area contributed by atoms with Crippen LogP contribution in [0.1, 0.15) is 31.5 Å². The van der Waals surface area contributed by atoms with Crippen LogP contribution in [0.5, 0.6) is 0 Å². The fraction of sp³-hybridized carbons (Fsp3) is 0.700. The van der Waals surface area contributed by atoms with Crippen LogP contribution in [-0.2, 0) is 11.2 Å². The predicted molar refractivity (Wildman–Crippen MR) is 123 cm³/mol. The van der Waals surface area contributed by atoms with Crippen molar-refractivity contribution in [3.05, 3.63) is 29.6 Å². The lowest BCUT2D eigenvalue weighted by Gasteiger charge is -2.35.